The summed E-state index contributed by atoms with van der Waals surface area (Å²) in [7, 11) is 0. The van der Waals surface area contributed by atoms with Gasteiger partial charge in [-0.3, -0.25) is 15.2 Å². The number of nitrogens with two attached hydrogens (primary N) is 1. The maximum absolute atomic E-state index is 15.5. The van der Waals surface area contributed by atoms with Crippen LogP contribution in [0.25, 0.3) is 0 Å². The van der Waals surface area contributed by atoms with E-state index in [0.29, 0.717) is 17.3 Å². The Morgan fingerprint density at radius 1 is 1.03 bits per heavy atom. The molecule has 0 atom stereocenters. The third-order valence-corrected chi connectivity index (χ3v) is 8.11. The molecular weight excluding hydrogens is 521 g/mol. The number of hydrogen-bond acceptors (Lipinski definition) is 6. The number of rotatable bonds is 9. The highest BCUT2D eigenvalue weighted by molar-refractivity contribution is 7.80. The molecule has 0 unspecified atom stereocenters. The van der Waals surface area contributed by atoms with Gasteiger partial charge in [-0.2, -0.15) is 5.10 Å². The Morgan fingerprint density at radius 2 is 1.66 bits per heavy atom. The molecule has 0 aromatic heterocycles. The molecule has 4 rings (SSSR count). The fourth-order valence-corrected chi connectivity index (χ4v) is 5.75. The van der Waals surface area contributed by atoms with Crippen LogP contribution in [0.2, 0.25) is 5.02 Å². The van der Waals surface area contributed by atoms with Crippen molar-refractivity contribution < 1.29 is 4.39 Å². The van der Waals surface area contributed by atoms with Crippen LogP contribution >= 0.6 is 23.8 Å². The number of nitrogens with one attached hydrogen (secondary N) is 1. The van der Waals surface area contributed by atoms with Gasteiger partial charge < -0.3 is 15.5 Å². The van der Waals surface area contributed by atoms with E-state index in [1.165, 1.54) is 0 Å². The first-order valence-electron chi connectivity index (χ1n) is 13.5. The largest absolute Gasteiger partial charge is 0.375 e. The Hall–Kier alpha value is -2.46. The van der Waals surface area contributed by atoms with Crippen LogP contribution in [0, 0.1) is 5.82 Å². The SMILES string of the molecule is CCC(CC)N1CCN(c2cc(N3CCN(Cc4ccccc4Cl)CC3)c(F)cc2/C=N/NC(N)=S)CC1. The van der Waals surface area contributed by atoms with E-state index in [-0.39, 0.29) is 10.9 Å². The predicted molar refractivity (Wildman–Crippen MR) is 161 cm³/mol. The Labute approximate surface area is 236 Å². The molecule has 2 fully saturated rings. The van der Waals surface area contributed by atoms with Crippen LogP contribution < -0.4 is 21.0 Å². The number of benzene rings is 2. The van der Waals surface area contributed by atoms with Gasteiger partial charge >= 0.3 is 0 Å². The lowest BCUT2D eigenvalue weighted by Crippen LogP contribution is -2.50. The summed E-state index contributed by atoms with van der Waals surface area (Å²) in [5.41, 5.74) is 11.6. The first-order valence-corrected chi connectivity index (χ1v) is 14.3. The number of halogens is 2. The van der Waals surface area contributed by atoms with Gasteiger partial charge in [-0.1, -0.05) is 43.6 Å². The maximum atomic E-state index is 15.5. The van der Waals surface area contributed by atoms with Crippen molar-refractivity contribution >= 4 is 46.5 Å². The van der Waals surface area contributed by atoms with E-state index in [1.54, 1.807) is 12.3 Å². The van der Waals surface area contributed by atoms with Crippen LogP contribution in [0.4, 0.5) is 15.8 Å². The molecule has 2 aromatic rings. The lowest BCUT2D eigenvalue weighted by molar-refractivity contribution is 0.175. The summed E-state index contributed by atoms with van der Waals surface area (Å²) in [4.78, 5) is 9.44. The molecule has 38 heavy (non-hydrogen) atoms. The van der Waals surface area contributed by atoms with Gasteiger partial charge in [0.15, 0.2) is 5.11 Å². The van der Waals surface area contributed by atoms with Gasteiger partial charge in [-0.25, -0.2) is 4.39 Å². The van der Waals surface area contributed by atoms with Crippen molar-refractivity contribution in [1.29, 1.82) is 0 Å². The highest BCUT2D eigenvalue weighted by Crippen LogP contribution is 2.31. The number of piperazine rings is 2. The summed E-state index contributed by atoms with van der Waals surface area (Å²) in [6, 6.07) is 12.1. The Bertz CT molecular complexity index is 1110. The van der Waals surface area contributed by atoms with Crippen molar-refractivity contribution in [3.8, 4) is 0 Å². The zero-order chi connectivity index (χ0) is 27.1. The summed E-state index contributed by atoms with van der Waals surface area (Å²) < 4.78 is 15.5. The second-order valence-corrected chi connectivity index (χ2v) is 10.8. The van der Waals surface area contributed by atoms with Gasteiger partial charge in [0.25, 0.3) is 0 Å². The summed E-state index contributed by atoms with van der Waals surface area (Å²) in [5, 5.41) is 5.00. The molecule has 2 aliphatic rings. The van der Waals surface area contributed by atoms with E-state index < -0.39 is 0 Å². The number of nitrogens with zero attached hydrogens (tertiary/aromatic N) is 5. The van der Waals surface area contributed by atoms with Crippen molar-refractivity contribution in [2.45, 2.75) is 39.3 Å². The van der Waals surface area contributed by atoms with Crippen molar-refractivity contribution in [1.82, 2.24) is 15.2 Å². The van der Waals surface area contributed by atoms with Gasteiger partial charge in [0.2, 0.25) is 0 Å². The average molecular weight is 560 g/mol. The zero-order valence-corrected chi connectivity index (χ0v) is 23.9. The molecule has 2 saturated heterocycles. The van der Waals surface area contributed by atoms with Crippen LogP contribution in [0.15, 0.2) is 41.5 Å². The summed E-state index contributed by atoms with van der Waals surface area (Å²) in [5.74, 6) is -0.249. The van der Waals surface area contributed by atoms with Crippen LogP contribution in [0.3, 0.4) is 0 Å². The lowest BCUT2D eigenvalue weighted by Gasteiger charge is -2.41. The fraction of sp³-hybridized carbons (Fsp3) is 0.500. The number of thiocarbonyl (C=S) groups is 1. The van der Waals surface area contributed by atoms with Crippen LogP contribution in [0.5, 0.6) is 0 Å². The first-order chi connectivity index (χ1) is 18.4. The normalized spacial score (nSPS) is 17.5. The van der Waals surface area contributed by atoms with E-state index in [0.717, 1.165) is 88.0 Å². The quantitative estimate of drug-likeness (QED) is 0.270. The third-order valence-electron chi connectivity index (χ3n) is 7.65. The van der Waals surface area contributed by atoms with Gasteiger partial charge in [-0.05, 0) is 48.8 Å². The van der Waals surface area contributed by atoms with Crippen molar-refractivity contribution in [3.63, 3.8) is 0 Å². The van der Waals surface area contributed by atoms with Crippen LogP contribution in [-0.2, 0) is 6.54 Å². The van der Waals surface area contributed by atoms with E-state index in [1.807, 2.05) is 24.3 Å². The second kappa shape index (κ2) is 13.6. The standard InChI is InChI=1S/C28H39ClFN7S/c1-3-23(4-2)35-13-15-36(16-14-35)26-18-27(25(30)17-22(26)19-32-33-28(31)38)37-11-9-34(10-12-37)20-21-7-5-6-8-24(21)29/h5-8,17-19,23H,3-4,9-16,20H2,1-2H3,(H3,31,33,38)/b32-19+. The predicted octanol–water partition coefficient (Wildman–Crippen LogP) is 4.28. The summed E-state index contributed by atoms with van der Waals surface area (Å²) in [6.45, 7) is 12.2. The monoisotopic (exact) mass is 559 g/mol. The second-order valence-electron chi connectivity index (χ2n) is 9.94. The zero-order valence-electron chi connectivity index (χ0n) is 22.4. The Kier molecular flexibility index (Phi) is 10.2. The minimum Gasteiger partial charge on any atom is -0.375 e. The van der Waals surface area contributed by atoms with Crippen molar-refractivity contribution in [2.75, 3.05) is 62.2 Å². The molecular formula is C28H39ClFN7S. The molecule has 0 aliphatic carbocycles. The fourth-order valence-electron chi connectivity index (χ4n) is 5.50. The molecule has 2 aliphatic heterocycles. The Morgan fingerprint density at radius 3 is 2.29 bits per heavy atom. The van der Waals surface area contributed by atoms with Crippen LogP contribution in [0.1, 0.15) is 37.8 Å². The number of hydrogen-bond donors (Lipinski definition) is 2. The van der Waals surface area contributed by atoms with Gasteiger partial charge in [0, 0.05) is 81.2 Å². The third kappa shape index (κ3) is 7.14. The van der Waals surface area contributed by atoms with E-state index in [2.05, 4.69) is 50.0 Å². The minimum absolute atomic E-state index is 0.0772. The van der Waals surface area contributed by atoms with Gasteiger partial charge in [-0.15, -0.1) is 0 Å². The van der Waals surface area contributed by atoms with Crippen molar-refractivity contribution in [2.24, 2.45) is 10.8 Å². The molecule has 7 nitrogen and oxygen atoms in total. The van der Waals surface area contributed by atoms with E-state index >= 15 is 4.39 Å². The van der Waals surface area contributed by atoms with Gasteiger partial charge in [0.05, 0.1) is 11.9 Å². The van der Waals surface area contributed by atoms with E-state index in [4.69, 9.17) is 29.6 Å². The molecule has 10 heteroatoms. The molecule has 0 amide bonds. The molecule has 0 radical (unpaired) electrons. The molecule has 0 spiro atoms. The highest BCUT2D eigenvalue weighted by Gasteiger charge is 2.26. The number of anilines is 2. The topological polar surface area (TPSA) is 63.4 Å². The smallest absolute Gasteiger partial charge is 0.184 e. The summed E-state index contributed by atoms with van der Waals surface area (Å²) >= 11 is 11.2. The highest BCUT2D eigenvalue weighted by atomic mass is 35.5. The van der Waals surface area contributed by atoms with Crippen molar-refractivity contribution in [3.05, 3.63) is 58.4 Å². The maximum Gasteiger partial charge on any atom is 0.184 e. The Balaban J connectivity index is 1.50. The molecule has 2 heterocycles. The van der Waals surface area contributed by atoms with Crippen LogP contribution in [-0.4, -0.2) is 79.5 Å². The summed E-state index contributed by atoms with van der Waals surface area (Å²) in [6.07, 6.45) is 3.92. The van der Waals surface area contributed by atoms with E-state index in [9.17, 15) is 0 Å². The number of hydrazone groups is 1. The first kappa shape index (κ1) is 28.5. The molecule has 206 valence electrons. The lowest BCUT2D eigenvalue weighted by atomic mass is 10.1. The van der Waals surface area contributed by atoms with Gasteiger partial charge in [0.1, 0.15) is 5.82 Å². The molecule has 0 saturated carbocycles. The minimum atomic E-state index is -0.249. The molecule has 2 aromatic carbocycles. The molecule has 0 bridgehead atoms. The average Bonchev–Trinajstić information content (AvgIpc) is 2.92. The molecule has 3 N–H and O–H groups in total.